The van der Waals surface area contributed by atoms with Crippen LogP contribution in [0.1, 0.15) is 27.2 Å². The van der Waals surface area contributed by atoms with Gasteiger partial charge < -0.3 is 10.2 Å². The number of rotatable bonds is 4. The van der Waals surface area contributed by atoms with Crippen LogP contribution in [0.5, 0.6) is 0 Å². The molecule has 10 heavy (non-hydrogen) atoms. The fourth-order valence-electron chi connectivity index (χ4n) is 0.910. The van der Waals surface area contributed by atoms with Gasteiger partial charge in [-0.25, -0.2) is 0 Å². The maximum Gasteiger partial charge on any atom is 0.0613 e. The van der Waals surface area contributed by atoms with Crippen molar-refractivity contribution in [2.75, 3.05) is 6.61 Å². The van der Waals surface area contributed by atoms with Crippen molar-refractivity contribution in [2.45, 2.75) is 33.3 Å². The quantitative estimate of drug-likeness (QED) is 0.621. The third kappa shape index (κ3) is 2.67. The minimum atomic E-state index is -0.352. The van der Waals surface area contributed by atoms with E-state index in [1.807, 2.05) is 20.8 Å². The maximum absolute atomic E-state index is 9.43. The Morgan fingerprint density at radius 3 is 2.00 bits per heavy atom. The van der Waals surface area contributed by atoms with Crippen LogP contribution in [0, 0.1) is 11.8 Å². The molecule has 3 atom stereocenters. The van der Waals surface area contributed by atoms with Crippen molar-refractivity contribution < 1.29 is 10.2 Å². The molecule has 2 N–H and O–H groups in total. The van der Waals surface area contributed by atoms with Crippen LogP contribution >= 0.6 is 0 Å². The van der Waals surface area contributed by atoms with Gasteiger partial charge in [0.05, 0.1) is 6.10 Å². The molecule has 0 bridgehead atoms. The predicted molar refractivity (Wildman–Crippen MR) is 41.7 cm³/mol. The standard InChI is InChI=1S/C8H18O2/c1-4-6(2)8(10)7(3)5-9/h6-10H,4-5H2,1-3H3/t6-,7+,8+/m0/s1. The molecule has 0 rings (SSSR count). The Hall–Kier alpha value is -0.0800. The first-order valence-electron chi connectivity index (χ1n) is 3.92. The van der Waals surface area contributed by atoms with Gasteiger partial charge in [0.25, 0.3) is 0 Å². The molecule has 0 amide bonds. The first kappa shape index (κ1) is 9.92. The number of aliphatic hydroxyl groups is 2. The van der Waals surface area contributed by atoms with Gasteiger partial charge in [-0.3, -0.25) is 0 Å². The van der Waals surface area contributed by atoms with Gasteiger partial charge in [0.1, 0.15) is 0 Å². The van der Waals surface area contributed by atoms with E-state index < -0.39 is 0 Å². The highest BCUT2D eigenvalue weighted by atomic mass is 16.3. The van der Waals surface area contributed by atoms with Gasteiger partial charge in [-0.15, -0.1) is 0 Å². The Morgan fingerprint density at radius 2 is 1.70 bits per heavy atom. The second-order valence-electron chi connectivity index (χ2n) is 3.04. The van der Waals surface area contributed by atoms with Crippen LogP contribution in [0.25, 0.3) is 0 Å². The zero-order valence-electron chi connectivity index (χ0n) is 7.04. The molecule has 2 nitrogen and oxygen atoms in total. The van der Waals surface area contributed by atoms with E-state index in [9.17, 15) is 5.11 Å². The zero-order valence-corrected chi connectivity index (χ0v) is 7.04. The summed E-state index contributed by atoms with van der Waals surface area (Å²) in [5, 5.41) is 18.1. The average molecular weight is 146 g/mol. The molecular weight excluding hydrogens is 128 g/mol. The van der Waals surface area contributed by atoms with E-state index in [4.69, 9.17) is 5.11 Å². The lowest BCUT2D eigenvalue weighted by Gasteiger charge is -2.21. The Morgan fingerprint density at radius 1 is 1.20 bits per heavy atom. The van der Waals surface area contributed by atoms with Crippen LogP contribution in [0.4, 0.5) is 0 Å². The fraction of sp³-hybridized carbons (Fsp3) is 1.00. The summed E-state index contributed by atoms with van der Waals surface area (Å²) in [4.78, 5) is 0. The van der Waals surface area contributed by atoms with Crippen LogP contribution in [-0.4, -0.2) is 22.9 Å². The summed E-state index contributed by atoms with van der Waals surface area (Å²) in [6, 6.07) is 0. The Kier molecular flexibility index (Phi) is 4.65. The van der Waals surface area contributed by atoms with Crippen molar-refractivity contribution in [3.8, 4) is 0 Å². The van der Waals surface area contributed by atoms with Crippen molar-refractivity contribution in [1.29, 1.82) is 0 Å². The van der Waals surface area contributed by atoms with E-state index in [0.29, 0.717) is 5.92 Å². The highest BCUT2D eigenvalue weighted by Crippen LogP contribution is 2.14. The van der Waals surface area contributed by atoms with Gasteiger partial charge in [0.2, 0.25) is 0 Å². The van der Waals surface area contributed by atoms with Crippen LogP contribution in [-0.2, 0) is 0 Å². The van der Waals surface area contributed by atoms with E-state index in [1.165, 1.54) is 0 Å². The lowest BCUT2D eigenvalue weighted by Crippen LogP contribution is -2.27. The fourth-order valence-corrected chi connectivity index (χ4v) is 0.910. The molecule has 0 saturated heterocycles. The van der Waals surface area contributed by atoms with Gasteiger partial charge in [-0.2, -0.15) is 0 Å². The Bertz CT molecular complexity index is 73.3. The van der Waals surface area contributed by atoms with E-state index in [-0.39, 0.29) is 18.6 Å². The van der Waals surface area contributed by atoms with Crippen LogP contribution in [0.15, 0.2) is 0 Å². The second kappa shape index (κ2) is 4.69. The van der Waals surface area contributed by atoms with E-state index in [0.717, 1.165) is 6.42 Å². The third-order valence-corrected chi connectivity index (χ3v) is 2.10. The molecule has 0 spiro atoms. The normalized spacial score (nSPS) is 20.1. The van der Waals surface area contributed by atoms with E-state index in [2.05, 4.69) is 0 Å². The summed E-state index contributed by atoms with van der Waals surface area (Å²) in [7, 11) is 0. The summed E-state index contributed by atoms with van der Waals surface area (Å²) >= 11 is 0. The maximum atomic E-state index is 9.43. The van der Waals surface area contributed by atoms with Crippen molar-refractivity contribution in [3.63, 3.8) is 0 Å². The first-order valence-corrected chi connectivity index (χ1v) is 3.92. The summed E-state index contributed by atoms with van der Waals surface area (Å²) < 4.78 is 0. The molecule has 0 aliphatic heterocycles. The first-order chi connectivity index (χ1) is 4.63. The van der Waals surface area contributed by atoms with E-state index in [1.54, 1.807) is 0 Å². The highest BCUT2D eigenvalue weighted by molar-refractivity contribution is 4.68. The molecule has 0 aromatic rings. The van der Waals surface area contributed by atoms with Gasteiger partial charge in [-0.1, -0.05) is 27.2 Å². The SMILES string of the molecule is CC[C@H](C)[C@@H](O)[C@H](C)CO. The minimum Gasteiger partial charge on any atom is -0.396 e. The van der Waals surface area contributed by atoms with Gasteiger partial charge in [0, 0.05) is 12.5 Å². The summed E-state index contributed by atoms with van der Waals surface area (Å²) in [6.45, 7) is 5.97. The molecule has 0 aliphatic carbocycles. The summed E-state index contributed by atoms with van der Waals surface area (Å²) in [5.41, 5.74) is 0. The molecule has 0 fully saturated rings. The van der Waals surface area contributed by atoms with Crippen LogP contribution in [0.3, 0.4) is 0 Å². The molecule has 0 aliphatic rings. The number of hydrogen-bond donors (Lipinski definition) is 2. The topological polar surface area (TPSA) is 40.5 Å². The van der Waals surface area contributed by atoms with Gasteiger partial charge in [-0.05, 0) is 5.92 Å². The molecule has 0 radical (unpaired) electrons. The Balaban J connectivity index is 3.69. The second-order valence-corrected chi connectivity index (χ2v) is 3.04. The molecule has 0 saturated carbocycles. The monoisotopic (exact) mass is 146 g/mol. The molecule has 0 aromatic heterocycles. The lowest BCUT2D eigenvalue weighted by molar-refractivity contribution is 0.0356. The van der Waals surface area contributed by atoms with Gasteiger partial charge in [0.15, 0.2) is 0 Å². The number of hydrogen-bond acceptors (Lipinski definition) is 2. The smallest absolute Gasteiger partial charge is 0.0613 e. The molecule has 62 valence electrons. The summed E-state index contributed by atoms with van der Waals surface area (Å²) in [5.74, 6) is 0.303. The van der Waals surface area contributed by atoms with Crippen LogP contribution in [0.2, 0.25) is 0 Å². The van der Waals surface area contributed by atoms with Crippen molar-refractivity contribution in [1.82, 2.24) is 0 Å². The third-order valence-electron chi connectivity index (χ3n) is 2.10. The molecule has 0 aromatic carbocycles. The molecule has 0 unspecified atom stereocenters. The number of aliphatic hydroxyl groups excluding tert-OH is 2. The van der Waals surface area contributed by atoms with Crippen molar-refractivity contribution >= 4 is 0 Å². The Labute approximate surface area is 62.9 Å². The molecule has 2 heteroatoms. The summed E-state index contributed by atoms with van der Waals surface area (Å²) in [6.07, 6.45) is 0.612. The van der Waals surface area contributed by atoms with E-state index >= 15 is 0 Å². The lowest BCUT2D eigenvalue weighted by atomic mass is 9.92. The van der Waals surface area contributed by atoms with Crippen molar-refractivity contribution in [3.05, 3.63) is 0 Å². The van der Waals surface area contributed by atoms with Crippen molar-refractivity contribution in [2.24, 2.45) is 11.8 Å². The van der Waals surface area contributed by atoms with Gasteiger partial charge >= 0.3 is 0 Å². The molecule has 0 heterocycles. The largest absolute Gasteiger partial charge is 0.396 e. The minimum absolute atomic E-state index is 0.00921. The zero-order chi connectivity index (χ0) is 8.15. The average Bonchev–Trinajstić information content (AvgIpc) is 2.00. The van der Waals surface area contributed by atoms with Crippen LogP contribution < -0.4 is 0 Å². The highest BCUT2D eigenvalue weighted by Gasteiger charge is 2.18. The predicted octanol–water partition coefficient (Wildman–Crippen LogP) is 1.02. The molecular formula is C8H18O2.